The number of aryl methyl sites for hydroxylation is 1. The van der Waals surface area contributed by atoms with E-state index in [1.807, 2.05) is 79.7 Å². The van der Waals surface area contributed by atoms with Crippen LogP contribution < -0.4 is 14.8 Å². The number of benzene rings is 3. The maximum atomic E-state index is 13.9. The summed E-state index contributed by atoms with van der Waals surface area (Å²) in [6.45, 7) is 2.06. The molecule has 1 aliphatic rings. The van der Waals surface area contributed by atoms with Crippen LogP contribution in [0.4, 0.5) is 0 Å². The average Bonchev–Trinajstić information content (AvgIpc) is 2.96. The highest BCUT2D eigenvalue weighted by atomic mass is 79.9. The molecule has 1 atom stereocenters. The second kappa shape index (κ2) is 14.2. The minimum atomic E-state index is -0.691. The second-order valence-electron chi connectivity index (χ2n) is 10.1. The van der Waals surface area contributed by atoms with E-state index in [0.717, 1.165) is 46.8 Å². The number of hydrogen-bond acceptors (Lipinski definition) is 4. The zero-order chi connectivity index (χ0) is 27.6. The molecule has 6 nitrogen and oxygen atoms in total. The van der Waals surface area contributed by atoms with Crippen molar-refractivity contribution in [2.75, 3.05) is 13.7 Å². The quantitative estimate of drug-likeness (QED) is 0.286. The number of carbonyl (C=O) groups excluding carboxylic acids is 2. The number of methoxy groups -OCH3 is 1. The van der Waals surface area contributed by atoms with Gasteiger partial charge in [-0.05, 0) is 66.8 Å². The predicted octanol–water partition coefficient (Wildman–Crippen LogP) is 6.23. The largest absolute Gasteiger partial charge is 0.497 e. The summed E-state index contributed by atoms with van der Waals surface area (Å²) in [5.74, 6) is 0.934. The molecule has 2 amide bonds. The standard InChI is InChI=1S/C32H37BrN2O4/c1-23-18-28(16-17-29(23)33)39-22-31(36)35(21-25-12-9-15-27(19-25)38-2)30(20-24-10-5-3-6-11-24)32(37)34-26-13-7-4-8-14-26/h3,5-6,9-12,15-19,26,30H,4,7-8,13-14,20-22H2,1-2H3,(H,34,37)/t30-/m0/s1. The van der Waals surface area contributed by atoms with Crippen molar-refractivity contribution < 1.29 is 19.1 Å². The normalized spacial score (nSPS) is 14.3. The molecule has 1 N–H and O–H groups in total. The van der Waals surface area contributed by atoms with Crippen molar-refractivity contribution in [3.8, 4) is 11.5 Å². The molecular weight excluding hydrogens is 556 g/mol. The first kappa shape index (κ1) is 28.7. The van der Waals surface area contributed by atoms with Crippen molar-refractivity contribution in [1.29, 1.82) is 0 Å². The van der Waals surface area contributed by atoms with Gasteiger partial charge in [-0.3, -0.25) is 9.59 Å². The topological polar surface area (TPSA) is 67.9 Å². The Bertz CT molecular complexity index is 1240. The Kier molecular flexibility index (Phi) is 10.4. The number of rotatable bonds is 11. The van der Waals surface area contributed by atoms with E-state index in [1.54, 1.807) is 12.0 Å². The maximum Gasteiger partial charge on any atom is 0.261 e. The number of amides is 2. The van der Waals surface area contributed by atoms with Crippen LogP contribution in [0.15, 0.2) is 77.3 Å². The third-order valence-corrected chi connectivity index (χ3v) is 8.09. The lowest BCUT2D eigenvalue weighted by Crippen LogP contribution is -2.53. The first-order chi connectivity index (χ1) is 18.9. The summed E-state index contributed by atoms with van der Waals surface area (Å²) in [6, 6.07) is 22.5. The van der Waals surface area contributed by atoms with E-state index in [-0.39, 0.29) is 31.0 Å². The Morgan fingerprint density at radius 3 is 2.41 bits per heavy atom. The summed E-state index contributed by atoms with van der Waals surface area (Å²) in [5.41, 5.74) is 2.89. The number of nitrogens with zero attached hydrogens (tertiary/aromatic N) is 1. The molecule has 3 aromatic rings. The zero-order valence-corrected chi connectivity index (χ0v) is 24.3. The molecule has 0 unspecified atom stereocenters. The van der Waals surface area contributed by atoms with Gasteiger partial charge < -0.3 is 19.7 Å². The first-order valence-electron chi connectivity index (χ1n) is 13.6. The monoisotopic (exact) mass is 592 g/mol. The van der Waals surface area contributed by atoms with Crippen LogP contribution in [0.1, 0.15) is 48.8 Å². The maximum absolute atomic E-state index is 13.9. The molecule has 4 rings (SSSR count). The minimum Gasteiger partial charge on any atom is -0.497 e. The highest BCUT2D eigenvalue weighted by molar-refractivity contribution is 9.10. The SMILES string of the molecule is COc1cccc(CN(C(=O)COc2ccc(Br)c(C)c2)[C@@H](Cc2ccccc2)C(=O)NC2CCCCC2)c1. The lowest BCUT2D eigenvalue weighted by Gasteiger charge is -2.33. The molecule has 0 spiro atoms. The molecule has 1 aliphatic carbocycles. The van der Waals surface area contributed by atoms with Gasteiger partial charge in [-0.2, -0.15) is 0 Å². The molecule has 0 radical (unpaired) electrons. The van der Waals surface area contributed by atoms with Gasteiger partial charge in [0, 0.05) is 23.5 Å². The molecule has 39 heavy (non-hydrogen) atoms. The molecule has 0 aromatic heterocycles. The van der Waals surface area contributed by atoms with Gasteiger partial charge in [0.2, 0.25) is 5.91 Å². The lowest BCUT2D eigenvalue weighted by atomic mass is 9.94. The molecule has 0 saturated heterocycles. The number of halogens is 1. The van der Waals surface area contributed by atoms with Gasteiger partial charge in [0.15, 0.2) is 6.61 Å². The van der Waals surface area contributed by atoms with Crippen molar-refractivity contribution in [2.45, 2.75) is 64.1 Å². The second-order valence-corrected chi connectivity index (χ2v) is 11.0. The Morgan fingerprint density at radius 1 is 0.949 bits per heavy atom. The van der Waals surface area contributed by atoms with E-state index in [0.29, 0.717) is 17.9 Å². The molecular formula is C32H37BrN2O4. The summed E-state index contributed by atoms with van der Waals surface area (Å²) in [4.78, 5) is 29.4. The third-order valence-electron chi connectivity index (χ3n) is 7.20. The van der Waals surface area contributed by atoms with E-state index in [4.69, 9.17) is 9.47 Å². The lowest BCUT2D eigenvalue weighted by molar-refractivity contribution is -0.143. The molecule has 1 fully saturated rings. The molecule has 0 bridgehead atoms. The fourth-order valence-electron chi connectivity index (χ4n) is 5.00. The summed E-state index contributed by atoms with van der Waals surface area (Å²) in [5, 5.41) is 3.27. The highest BCUT2D eigenvalue weighted by Gasteiger charge is 2.32. The van der Waals surface area contributed by atoms with Gasteiger partial charge in [-0.25, -0.2) is 0 Å². The van der Waals surface area contributed by atoms with Gasteiger partial charge in [0.1, 0.15) is 17.5 Å². The van der Waals surface area contributed by atoms with Crippen LogP contribution in [0.3, 0.4) is 0 Å². The minimum absolute atomic E-state index is 0.124. The van der Waals surface area contributed by atoms with Gasteiger partial charge in [0.05, 0.1) is 7.11 Å². The van der Waals surface area contributed by atoms with Crippen LogP contribution in [0, 0.1) is 6.92 Å². The van der Waals surface area contributed by atoms with Crippen molar-refractivity contribution in [1.82, 2.24) is 10.2 Å². The van der Waals surface area contributed by atoms with E-state index >= 15 is 0 Å². The number of ether oxygens (including phenoxy) is 2. The van der Waals surface area contributed by atoms with Crippen LogP contribution >= 0.6 is 15.9 Å². The number of hydrogen-bond donors (Lipinski definition) is 1. The summed E-state index contributed by atoms with van der Waals surface area (Å²) < 4.78 is 12.3. The van der Waals surface area contributed by atoms with Gasteiger partial charge in [-0.1, -0.05) is 77.7 Å². The molecule has 3 aromatic carbocycles. The Labute approximate surface area is 239 Å². The van der Waals surface area contributed by atoms with Crippen LogP contribution in [0.5, 0.6) is 11.5 Å². The molecule has 7 heteroatoms. The van der Waals surface area contributed by atoms with Crippen LogP contribution in [-0.2, 0) is 22.6 Å². The van der Waals surface area contributed by atoms with Crippen molar-refractivity contribution in [3.63, 3.8) is 0 Å². The van der Waals surface area contributed by atoms with E-state index < -0.39 is 6.04 Å². The van der Waals surface area contributed by atoms with Crippen molar-refractivity contribution in [2.24, 2.45) is 0 Å². The van der Waals surface area contributed by atoms with Gasteiger partial charge >= 0.3 is 0 Å². The molecule has 0 heterocycles. The van der Waals surface area contributed by atoms with Crippen LogP contribution in [-0.4, -0.2) is 42.5 Å². The number of nitrogens with one attached hydrogen (secondary N) is 1. The fourth-order valence-corrected chi connectivity index (χ4v) is 5.25. The predicted molar refractivity (Wildman–Crippen MR) is 157 cm³/mol. The zero-order valence-electron chi connectivity index (χ0n) is 22.7. The first-order valence-corrected chi connectivity index (χ1v) is 14.4. The Morgan fingerprint density at radius 2 is 1.69 bits per heavy atom. The average molecular weight is 594 g/mol. The van der Waals surface area contributed by atoms with E-state index in [9.17, 15) is 9.59 Å². The Balaban J connectivity index is 1.62. The summed E-state index contributed by atoms with van der Waals surface area (Å²) >= 11 is 3.50. The fraction of sp³-hybridized carbons (Fsp3) is 0.375. The van der Waals surface area contributed by atoms with Crippen molar-refractivity contribution in [3.05, 3.63) is 94.0 Å². The van der Waals surface area contributed by atoms with E-state index in [2.05, 4.69) is 21.2 Å². The summed E-state index contributed by atoms with van der Waals surface area (Å²) in [6.07, 6.45) is 5.78. The van der Waals surface area contributed by atoms with Crippen molar-refractivity contribution >= 4 is 27.7 Å². The van der Waals surface area contributed by atoms with Gasteiger partial charge in [-0.15, -0.1) is 0 Å². The van der Waals surface area contributed by atoms with Gasteiger partial charge in [0.25, 0.3) is 5.91 Å². The summed E-state index contributed by atoms with van der Waals surface area (Å²) in [7, 11) is 1.62. The molecule has 206 valence electrons. The number of carbonyl (C=O) groups is 2. The van der Waals surface area contributed by atoms with E-state index in [1.165, 1.54) is 6.42 Å². The third kappa shape index (κ3) is 8.33. The molecule has 1 saturated carbocycles. The smallest absolute Gasteiger partial charge is 0.261 e. The van der Waals surface area contributed by atoms with Crippen LogP contribution in [0.2, 0.25) is 0 Å². The van der Waals surface area contributed by atoms with Crippen LogP contribution in [0.25, 0.3) is 0 Å². The highest BCUT2D eigenvalue weighted by Crippen LogP contribution is 2.23. The molecule has 0 aliphatic heterocycles. The Hall–Kier alpha value is -3.32.